The zero-order valence-corrected chi connectivity index (χ0v) is 10.2. The number of nitrogens with one attached hydrogen (secondary N) is 1. The van der Waals surface area contributed by atoms with Gasteiger partial charge in [-0.25, -0.2) is 9.82 Å². The first-order chi connectivity index (χ1) is 9.25. The number of amides is 1. The van der Waals surface area contributed by atoms with E-state index in [9.17, 15) is 9.18 Å². The molecule has 0 atom stereocenters. The molecule has 0 heterocycles. The molecule has 0 radical (unpaired) electrons. The van der Waals surface area contributed by atoms with Crippen molar-refractivity contribution in [3.05, 3.63) is 71.5 Å². The number of benzene rings is 2. The Bertz CT molecular complexity index is 582. The molecule has 0 unspecified atom stereocenters. The number of hydrogen-bond donors (Lipinski definition) is 1. The van der Waals surface area contributed by atoms with E-state index in [-0.39, 0.29) is 18.1 Å². The predicted molar refractivity (Wildman–Crippen MR) is 72.3 cm³/mol. The number of hydrazone groups is 1. The molecule has 2 aromatic rings. The van der Waals surface area contributed by atoms with Gasteiger partial charge in [-0.15, -0.1) is 0 Å². The highest BCUT2D eigenvalue weighted by molar-refractivity contribution is 5.83. The summed E-state index contributed by atoms with van der Waals surface area (Å²) in [7, 11) is 0. The smallest absolute Gasteiger partial charge is 0.244 e. The highest BCUT2D eigenvalue weighted by Crippen LogP contribution is 2.02. The van der Waals surface area contributed by atoms with Crippen LogP contribution < -0.4 is 5.43 Å². The van der Waals surface area contributed by atoms with Gasteiger partial charge in [0, 0.05) is 5.56 Å². The Labute approximate surface area is 110 Å². The monoisotopic (exact) mass is 256 g/mol. The average molecular weight is 256 g/mol. The van der Waals surface area contributed by atoms with Crippen molar-refractivity contribution in [1.82, 2.24) is 5.43 Å². The molecule has 1 N–H and O–H groups in total. The van der Waals surface area contributed by atoms with E-state index in [0.717, 1.165) is 5.56 Å². The van der Waals surface area contributed by atoms with E-state index >= 15 is 0 Å². The summed E-state index contributed by atoms with van der Waals surface area (Å²) < 4.78 is 13.3. The lowest BCUT2D eigenvalue weighted by Gasteiger charge is -2.00. The maximum Gasteiger partial charge on any atom is 0.244 e. The van der Waals surface area contributed by atoms with E-state index in [0.29, 0.717) is 5.56 Å². The minimum Gasteiger partial charge on any atom is -0.273 e. The van der Waals surface area contributed by atoms with Crippen LogP contribution in [0.5, 0.6) is 0 Å². The fourth-order valence-electron chi connectivity index (χ4n) is 1.57. The molecule has 2 rings (SSSR count). The van der Waals surface area contributed by atoms with Gasteiger partial charge in [-0.2, -0.15) is 5.10 Å². The first-order valence-electron chi connectivity index (χ1n) is 5.86. The van der Waals surface area contributed by atoms with Crippen LogP contribution >= 0.6 is 0 Å². The number of carbonyl (C=O) groups is 1. The molecule has 0 spiro atoms. The van der Waals surface area contributed by atoms with Gasteiger partial charge in [0.05, 0.1) is 12.6 Å². The van der Waals surface area contributed by atoms with Crippen LogP contribution in [0.3, 0.4) is 0 Å². The van der Waals surface area contributed by atoms with Gasteiger partial charge in [-0.1, -0.05) is 48.5 Å². The zero-order valence-electron chi connectivity index (χ0n) is 10.2. The summed E-state index contributed by atoms with van der Waals surface area (Å²) in [6.45, 7) is 0. The van der Waals surface area contributed by atoms with E-state index < -0.39 is 0 Å². The molecule has 0 saturated carbocycles. The normalized spacial score (nSPS) is 10.6. The number of nitrogens with zero attached hydrogens (tertiary/aromatic N) is 1. The van der Waals surface area contributed by atoms with Crippen LogP contribution in [-0.2, 0) is 11.2 Å². The number of halogens is 1. The summed E-state index contributed by atoms with van der Waals surface area (Å²) in [5.41, 5.74) is 3.61. The molecule has 4 heteroatoms. The van der Waals surface area contributed by atoms with Crippen LogP contribution in [0.1, 0.15) is 11.1 Å². The van der Waals surface area contributed by atoms with Gasteiger partial charge in [0.25, 0.3) is 0 Å². The quantitative estimate of drug-likeness (QED) is 0.662. The molecule has 0 saturated heterocycles. The van der Waals surface area contributed by atoms with E-state index in [1.54, 1.807) is 18.2 Å². The Balaban J connectivity index is 1.89. The summed E-state index contributed by atoms with van der Waals surface area (Å²) in [4.78, 5) is 11.6. The first-order valence-corrected chi connectivity index (χ1v) is 5.86. The van der Waals surface area contributed by atoms with Crippen LogP contribution in [0.4, 0.5) is 4.39 Å². The third-order valence-electron chi connectivity index (χ3n) is 2.51. The molecule has 0 fully saturated rings. The Morgan fingerprint density at radius 1 is 1.11 bits per heavy atom. The van der Waals surface area contributed by atoms with Gasteiger partial charge in [0.2, 0.25) is 5.91 Å². The van der Waals surface area contributed by atoms with Crippen LogP contribution in [0.15, 0.2) is 59.7 Å². The molecular formula is C15H13FN2O. The lowest BCUT2D eigenvalue weighted by Crippen LogP contribution is -2.19. The molecule has 0 bridgehead atoms. The Kier molecular flexibility index (Phi) is 4.39. The van der Waals surface area contributed by atoms with E-state index in [1.165, 1.54) is 12.3 Å². The third kappa shape index (κ3) is 4.03. The summed E-state index contributed by atoms with van der Waals surface area (Å²) >= 11 is 0. The second-order valence-corrected chi connectivity index (χ2v) is 3.98. The van der Waals surface area contributed by atoms with Crippen molar-refractivity contribution in [3.63, 3.8) is 0 Å². The average Bonchev–Trinajstić information content (AvgIpc) is 2.42. The largest absolute Gasteiger partial charge is 0.273 e. The van der Waals surface area contributed by atoms with Crippen molar-refractivity contribution in [3.8, 4) is 0 Å². The highest BCUT2D eigenvalue weighted by Gasteiger charge is 2.01. The van der Waals surface area contributed by atoms with Crippen LogP contribution in [0.25, 0.3) is 0 Å². The minimum atomic E-state index is -0.372. The third-order valence-corrected chi connectivity index (χ3v) is 2.51. The number of hydrogen-bond acceptors (Lipinski definition) is 2. The van der Waals surface area contributed by atoms with Crippen molar-refractivity contribution in [2.24, 2.45) is 5.10 Å². The lowest BCUT2D eigenvalue weighted by atomic mass is 10.1. The lowest BCUT2D eigenvalue weighted by molar-refractivity contribution is -0.120. The SMILES string of the molecule is O=C(Cc1ccccc1)N/N=C/c1ccccc1F. The maximum atomic E-state index is 13.3. The Morgan fingerprint density at radius 2 is 1.79 bits per heavy atom. The standard InChI is InChI=1S/C15H13FN2O/c16-14-9-5-4-8-13(14)11-17-18-15(19)10-12-6-2-1-3-7-12/h1-9,11H,10H2,(H,18,19)/b17-11+. The van der Waals surface area contributed by atoms with Crippen molar-refractivity contribution in [2.75, 3.05) is 0 Å². The summed E-state index contributed by atoms with van der Waals surface area (Å²) in [5, 5.41) is 3.73. The van der Waals surface area contributed by atoms with Gasteiger partial charge in [-0.3, -0.25) is 4.79 Å². The fraction of sp³-hybridized carbons (Fsp3) is 0.0667. The molecule has 0 aromatic heterocycles. The van der Waals surface area contributed by atoms with Crippen molar-refractivity contribution in [2.45, 2.75) is 6.42 Å². The summed E-state index contributed by atoms with van der Waals surface area (Å²) in [6.07, 6.45) is 1.54. The molecule has 1 amide bonds. The predicted octanol–water partition coefficient (Wildman–Crippen LogP) is 2.52. The molecule has 3 nitrogen and oxygen atoms in total. The second-order valence-electron chi connectivity index (χ2n) is 3.98. The van der Waals surface area contributed by atoms with Gasteiger partial charge in [0.15, 0.2) is 0 Å². The second kappa shape index (κ2) is 6.44. The first kappa shape index (κ1) is 13.0. The highest BCUT2D eigenvalue weighted by atomic mass is 19.1. The molecule has 0 aliphatic carbocycles. The maximum absolute atomic E-state index is 13.3. The van der Waals surface area contributed by atoms with E-state index in [4.69, 9.17) is 0 Å². The fourth-order valence-corrected chi connectivity index (χ4v) is 1.57. The topological polar surface area (TPSA) is 41.5 Å². The zero-order chi connectivity index (χ0) is 13.5. The molecule has 96 valence electrons. The van der Waals surface area contributed by atoms with Crippen molar-refractivity contribution < 1.29 is 9.18 Å². The molecule has 19 heavy (non-hydrogen) atoms. The summed E-state index contributed by atoms with van der Waals surface area (Å²) in [6, 6.07) is 15.6. The minimum absolute atomic E-state index is 0.237. The Morgan fingerprint density at radius 3 is 2.53 bits per heavy atom. The van der Waals surface area contributed by atoms with E-state index in [1.807, 2.05) is 30.3 Å². The molecular weight excluding hydrogens is 243 g/mol. The number of rotatable bonds is 4. The van der Waals surface area contributed by atoms with Gasteiger partial charge < -0.3 is 0 Å². The van der Waals surface area contributed by atoms with Crippen LogP contribution in [0, 0.1) is 5.82 Å². The Hall–Kier alpha value is -2.49. The van der Waals surface area contributed by atoms with Gasteiger partial charge in [-0.05, 0) is 11.6 Å². The molecule has 0 aliphatic rings. The number of carbonyl (C=O) groups excluding carboxylic acids is 1. The van der Waals surface area contributed by atoms with Gasteiger partial charge in [0.1, 0.15) is 5.82 Å². The van der Waals surface area contributed by atoms with Crippen LogP contribution in [0.2, 0.25) is 0 Å². The molecule has 0 aliphatic heterocycles. The van der Waals surface area contributed by atoms with Crippen molar-refractivity contribution >= 4 is 12.1 Å². The van der Waals surface area contributed by atoms with Crippen LogP contribution in [-0.4, -0.2) is 12.1 Å². The van der Waals surface area contributed by atoms with Crippen molar-refractivity contribution in [1.29, 1.82) is 0 Å². The van der Waals surface area contributed by atoms with E-state index in [2.05, 4.69) is 10.5 Å². The summed E-state index contributed by atoms with van der Waals surface area (Å²) in [5.74, 6) is -0.609. The molecule has 2 aromatic carbocycles. The van der Waals surface area contributed by atoms with Gasteiger partial charge >= 0.3 is 0 Å².